The van der Waals surface area contributed by atoms with Crippen molar-refractivity contribution in [1.82, 2.24) is 9.47 Å². The Morgan fingerprint density at radius 3 is 2.20 bits per heavy atom. The number of methoxy groups -OCH3 is 1. The number of nitrogens with zero attached hydrogens (tertiary/aromatic N) is 6. The van der Waals surface area contributed by atoms with Gasteiger partial charge in [-0.05, 0) is 42.5 Å². The van der Waals surface area contributed by atoms with Gasteiger partial charge in [-0.2, -0.15) is 0 Å². The van der Waals surface area contributed by atoms with Crippen molar-refractivity contribution in [3.8, 4) is 11.6 Å². The van der Waals surface area contributed by atoms with Crippen LogP contribution in [0.5, 0.6) is 11.6 Å². The van der Waals surface area contributed by atoms with Gasteiger partial charge in [-0.3, -0.25) is 9.47 Å². The first-order chi connectivity index (χ1) is 17.2. The van der Waals surface area contributed by atoms with Gasteiger partial charge in [0.15, 0.2) is 0 Å². The van der Waals surface area contributed by atoms with Crippen molar-refractivity contribution in [2.75, 3.05) is 38.2 Å². The lowest BCUT2D eigenvalue weighted by atomic mass is 10.2. The fourth-order valence-electron chi connectivity index (χ4n) is 4.71. The molecule has 0 radical (unpaired) electrons. The molecule has 0 spiro atoms. The number of rotatable bonds is 5. The van der Waals surface area contributed by atoms with Gasteiger partial charge in [0.05, 0.1) is 30.0 Å². The van der Waals surface area contributed by atoms with Crippen molar-refractivity contribution in [1.29, 1.82) is 0 Å². The third-order valence-corrected chi connectivity index (χ3v) is 6.60. The highest BCUT2D eigenvalue weighted by Crippen LogP contribution is 2.39. The Balaban J connectivity index is 1.24. The molecule has 1 saturated heterocycles. The smallest absolute Gasteiger partial charge is 0.251 e. The van der Waals surface area contributed by atoms with Gasteiger partial charge in [0.2, 0.25) is 5.88 Å². The fourth-order valence-corrected chi connectivity index (χ4v) is 4.71. The van der Waals surface area contributed by atoms with Crippen LogP contribution in [0.25, 0.3) is 10.9 Å². The minimum atomic E-state index is 0.137. The number of ether oxygens (including phenoxy) is 1. The van der Waals surface area contributed by atoms with Crippen LogP contribution >= 0.6 is 0 Å². The van der Waals surface area contributed by atoms with Crippen LogP contribution in [0.3, 0.4) is 0 Å². The Labute approximate surface area is 202 Å². The number of piperazine rings is 1. The summed E-state index contributed by atoms with van der Waals surface area (Å²) in [6, 6.07) is 23.8. The molecule has 2 aliphatic rings. The molecule has 4 aromatic rings. The minimum absolute atomic E-state index is 0.137. The first kappa shape index (κ1) is 21.4. The zero-order valence-corrected chi connectivity index (χ0v) is 19.5. The van der Waals surface area contributed by atoms with E-state index >= 15 is 0 Å². The summed E-state index contributed by atoms with van der Waals surface area (Å²) < 4.78 is 7.20. The number of aromatic hydroxyl groups is 1. The lowest BCUT2D eigenvalue weighted by molar-refractivity contribution is 0.200. The molecule has 0 atom stereocenters. The monoisotopic (exact) mass is 466 g/mol. The largest absolute Gasteiger partial charge is 0.497 e. The van der Waals surface area contributed by atoms with Crippen molar-refractivity contribution < 1.29 is 9.84 Å². The molecule has 1 fully saturated rings. The van der Waals surface area contributed by atoms with Crippen LogP contribution < -0.4 is 20.4 Å². The summed E-state index contributed by atoms with van der Waals surface area (Å²) in [7, 11) is 1.68. The van der Waals surface area contributed by atoms with Gasteiger partial charge < -0.3 is 14.7 Å². The molecule has 0 bridgehead atoms. The Morgan fingerprint density at radius 2 is 1.51 bits per heavy atom. The highest BCUT2D eigenvalue weighted by Gasteiger charge is 2.22. The average Bonchev–Trinajstić information content (AvgIpc) is 3.44. The van der Waals surface area contributed by atoms with Crippen molar-refractivity contribution in [3.63, 3.8) is 0 Å². The topological polar surface area (TPSA) is 78.0 Å². The van der Waals surface area contributed by atoms with Gasteiger partial charge in [-0.25, -0.2) is 15.0 Å². The van der Waals surface area contributed by atoms with Crippen LogP contribution in [-0.2, 0) is 6.67 Å². The van der Waals surface area contributed by atoms with Crippen molar-refractivity contribution in [2.24, 2.45) is 15.0 Å². The van der Waals surface area contributed by atoms with E-state index < -0.39 is 0 Å². The zero-order chi connectivity index (χ0) is 23.8. The number of hydrogen-bond donors (Lipinski definition) is 1. The second-order valence-electron chi connectivity index (χ2n) is 8.69. The fraction of sp³-hybridized carbons (Fsp3) is 0.222. The number of aliphatic imine (C=N–C) groups is 1. The molecule has 6 rings (SSSR count). The van der Waals surface area contributed by atoms with Crippen LogP contribution in [0, 0.1) is 0 Å². The number of aromatic nitrogens is 1. The van der Waals surface area contributed by atoms with Crippen LogP contribution in [0.4, 0.5) is 11.4 Å². The van der Waals surface area contributed by atoms with E-state index in [4.69, 9.17) is 4.74 Å². The Bertz CT molecular complexity index is 1500. The summed E-state index contributed by atoms with van der Waals surface area (Å²) in [5.41, 5.74) is 2.65. The van der Waals surface area contributed by atoms with Gasteiger partial charge in [0.25, 0.3) is 5.96 Å². The molecular formula is C27H26N6O2. The summed E-state index contributed by atoms with van der Waals surface area (Å²) >= 11 is 0. The van der Waals surface area contributed by atoms with E-state index in [2.05, 4.69) is 36.9 Å². The third-order valence-electron chi connectivity index (χ3n) is 6.60. The molecule has 2 aliphatic heterocycles. The third kappa shape index (κ3) is 4.02. The van der Waals surface area contributed by atoms with Crippen molar-refractivity contribution in [2.45, 2.75) is 6.67 Å². The number of fused-ring (bicyclic) bond motifs is 2. The van der Waals surface area contributed by atoms with E-state index in [-0.39, 0.29) is 5.88 Å². The predicted octanol–water partition coefficient (Wildman–Crippen LogP) is 3.08. The van der Waals surface area contributed by atoms with E-state index in [9.17, 15) is 5.11 Å². The van der Waals surface area contributed by atoms with Crippen LogP contribution in [0.1, 0.15) is 0 Å². The van der Waals surface area contributed by atoms with Gasteiger partial charge in [0.1, 0.15) is 11.4 Å². The van der Waals surface area contributed by atoms with Crippen LogP contribution in [-0.4, -0.2) is 53.8 Å². The Hall–Kier alpha value is -4.17. The second kappa shape index (κ2) is 8.88. The maximum atomic E-state index is 11.2. The minimum Gasteiger partial charge on any atom is -0.497 e. The van der Waals surface area contributed by atoms with Crippen molar-refractivity contribution >= 4 is 28.2 Å². The lowest BCUT2D eigenvalue weighted by Crippen LogP contribution is -2.46. The number of anilines is 1. The van der Waals surface area contributed by atoms with Crippen LogP contribution in [0.2, 0.25) is 0 Å². The Morgan fingerprint density at radius 1 is 0.857 bits per heavy atom. The second-order valence-corrected chi connectivity index (χ2v) is 8.69. The molecule has 0 aliphatic carbocycles. The SMILES string of the molecule is COc1ccc(N2CCN(Cn3c(O)c(N=C4N=c5ccccc5=N4)c4ccccc43)CC2)cc1. The van der Waals surface area contributed by atoms with Gasteiger partial charge in [0, 0.05) is 37.3 Å². The summed E-state index contributed by atoms with van der Waals surface area (Å²) in [5.74, 6) is 1.36. The molecule has 0 saturated carbocycles. The first-order valence-corrected chi connectivity index (χ1v) is 11.7. The molecule has 1 aromatic heterocycles. The van der Waals surface area contributed by atoms with Gasteiger partial charge in [-0.15, -0.1) is 0 Å². The molecule has 8 nitrogen and oxygen atoms in total. The molecule has 35 heavy (non-hydrogen) atoms. The highest BCUT2D eigenvalue weighted by atomic mass is 16.5. The number of guanidine groups is 1. The highest BCUT2D eigenvalue weighted by molar-refractivity contribution is 5.98. The number of hydrogen-bond acceptors (Lipinski definition) is 5. The van der Waals surface area contributed by atoms with E-state index in [0.29, 0.717) is 18.3 Å². The standard InChI is InChI=1S/C27H26N6O2/c1-35-20-12-10-19(11-13-20)32-16-14-31(15-17-32)18-33-24-9-5-2-6-21(24)25(26(33)34)30-27-28-22-7-3-4-8-23(22)29-27/h2-13,34H,14-18H2,1H3. The molecule has 0 amide bonds. The Kier molecular flexibility index (Phi) is 5.42. The van der Waals surface area contributed by atoms with Gasteiger partial charge >= 0.3 is 0 Å². The van der Waals surface area contributed by atoms with E-state index in [0.717, 1.165) is 53.5 Å². The summed E-state index contributed by atoms with van der Waals surface area (Å²) in [5, 5.41) is 13.7. The first-order valence-electron chi connectivity index (χ1n) is 11.7. The number of benzene rings is 3. The average molecular weight is 467 g/mol. The maximum absolute atomic E-state index is 11.2. The van der Waals surface area contributed by atoms with E-state index in [1.807, 2.05) is 65.2 Å². The summed E-state index contributed by atoms with van der Waals surface area (Å²) in [4.78, 5) is 18.4. The normalized spacial score (nSPS) is 15.6. The van der Waals surface area contributed by atoms with E-state index in [1.165, 1.54) is 5.69 Å². The molecule has 3 heterocycles. The zero-order valence-electron chi connectivity index (χ0n) is 19.5. The molecular weight excluding hydrogens is 440 g/mol. The quantitative estimate of drug-likeness (QED) is 0.490. The molecule has 3 aromatic carbocycles. The molecule has 8 heteroatoms. The van der Waals surface area contributed by atoms with E-state index in [1.54, 1.807) is 7.11 Å². The molecule has 1 N–H and O–H groups in total. The predicted molar refractivity (Wildman–Crippen MR) is 136 cm³/mol. The molecule has 176 valence electrons. The van der Waals surface area contributed by atoms with Gasteiger partial charge in [-0.1, -0.05) is 30.3 Å². The maximum Gasteiger partial charge on any atom is 0.251 e. The number of para-hydroxylation sites is 3. The summed E-state index contributed by atoms with van der Waals surface area (Å²) in [6.45, 7) is 4.20. The lowest BCUT2D eigenvalue weighted by Gasteiger charge is -2.36. The molecule has 0 unspecified atom stereocenters. The van der Waals surface area contributed by atoms with Crippen LogP contribution in [0.15, 0.2) is 87.8 Å². The van der Waals surface area contributed by atoms with Crippen molar-refractivity contribution in [3.05, 3.63) is 83.5 Å². The summed E-state index contributed by atoms with van der Waals surface area (Å²) in [6.07, 6.45) is 0.